The van der Waals surface area contributed by atoms with Gasteiger partial charge in [0.15, 0.2) is 5.78 Å². The molecule has 0 heterocycles. The minimum absolute atomic E-state index is 0.00945. The van der Waals surface area contributed by atoms with E-state index in [0.29, 0.717) is 18.0 Å². The largest absolute Gasteiger partial charge is 0.497 e. The van der Waals surface area contributed by atoms with Gasteiger partial charge < -0.3 is 26.1 Å². The van der Waals surface area contributed by atoms with Crippen LogP contribution in [0.2, 0.25) is 0 Å². The summed E-state index contributed by atoms with van der Waals surface area (Å²) in [5.41, 5.74) is 0.748. The normalized spacial score (nSPS) is 12.1. The summed E-state index contributed by atoms with van der Waals surface area (Å²) in [6.07, 6.45) is 0.0383. The number of rotatable bonds is 13. The molecule has 0 spiro atoms. The highest BCUT2D eigenvalue weighted by Gasteiger charge is 2.27. The topological polar surface area (TPSA) is 137 Å². The number of methoxy groups -OCH3 is 1. The summed E-state index contributed by atoms with van der Waals surface area (Å²) in [4.78, 5) is 49.1. The van der Waals surface area contributed by atoms with Crippen LogP contribution in [0.3, 0.4) is 0 Å². The van der Waals surface area contributed by atoms with Crippen LogP contribution >= 0.6 is 0 Å². The third-order valence-electron chi connectivity index (χ3n) is 5.23. The van der Waals surface area contributed by atoms with Crippen LogP contribution in [0.25, 0.3) is 0 Å². The summed E-state index contributed by atoms with van der Waals surface area (Å²) < 4.78 is 32.5. The number of carbonyl (C=O) groups is 4. The second-order valence-corrected chi connectivity index (χ2v) is 7.97. The molecule has 11 heteroatoms. The van der Waals surface area contributed by atoms with Crippen LogP contribution in [0.4, 0.5) is 8.78 Å². The minimum atomic E-state index is -1.27. The van der Waals surface area contributed by atoms with Gasteiger partial charge in [0.05, 0.1) is 13.3 Å². The molecule has 0 fully saturated rings. The van der Waals surface area contributed by atoms with E-state index < -0.39 is 47.2 Å². The molecule has 0 saturated carbocycles. The smallest absolute Gasteiger partial charge is 0.243 e. The van der Waals surface area contributed by atoms with Crippen molar-refractivity contribution in [2.75, 3.05) is 7.11 Å². The van der Waals surface area contributed by atoms with Gasteiger partial charge in [-0.25, -0.2) is 8.78 Å². The minimum Gasteiger partial charge on any atom is -0.497 e. The van der Waals surface area contributed by atoms with Crippen molar-refractivity contribution in [1.29, 1.82) is 5.41 Å². The van der Waals surface area contributed by atoms with Gasteiger partial charge in [-0.1, -0.05) is 18.2 Å². The van der Waals surface area contributed by atoms with Crippen LogP contribution in [-0.2, 0) is 32.1 Å². The van der Waals surface area contributed by atoms with Crippen molar-refractivity contribution in [3.63, 3.8) is 0 Å². The lowest BCUT2D eigenvalue weighted by molar-refractivity contribution is -0.132. The molecule has 36 heavy (non-hydrogen) atoms. The molecule has 0 aliphatic carbocycles. The molecule has 192 valence electrons. The molecule has 0 aromatic heterocycles. The maximum atomic E-state index is 14.1. The van der Waals surface area contributed by atoms with Crippen LogP contribution in [0.5, 0.6) is 5.75 Å². The van der Waals surface area contributed by atoms with Gasteiger partial charge in [0, 0.05) is 32.4 Å². The zero-order chi connectivity index (χ0) is 26.7. The summed E-state index contributed by atoms with van der Waals surface area (Å²) in [5.74, 6) is -3.53. The molecule has 9 nitrogen and oxygen atoms in total. The molecule has 4 N–H and O–H groups in total. The maximum absolute atomic E-state index is 14.1. The Hall–Kier alpha value is -4.15. The van der Waals surface area contributed by atoms with Gasteiger partial charge in [-0.15, -0.1) is 0 Å². The summed E-state index contributed by atoms with van der Waals surface area (Å²) in [6.45, 7) is 1.30. The van der Waals surface area contributed by atoms with Crippen molar-refractivity contribution in [3.8, 4) is 5.75 Å². The number of halogens is 2. The third kappa shape index (κ3) is 8.90. The van der Waals surface area contributed by atoms with Crippen molar-refractivity contribution in [1.82, 2.24) is 16.0 Å². The number of ketones is 1. The molecule has 0 saturated heterocycles. The molecule has 0 aliphatic heterocycles. The van der Waals surface area contributed by atoms with Gasteiger partial charge in [-0.05, 0) is 35.7 Å². The van der Waals surface area contributed by atoms with E-state index in [1.165, 1.54) is 14.0 Å². The fourth-order valence-corrected chi connectivity index (χ4v) is 3.32. The summed E-state index contributed by atoms with van der Waals surface area (Å²) in [6, 6.07) is 7.34. The average molecular weight is 503 g/mol. The Labute approximate surface area is 207 Å². The van der Waals surface area contributed by atoms with Crippen LogP contribution in [0, 0.1) is 17.0 Å². The number of nitrogens with one attached hydrogen (secondary N) is 4. The van der Waals surface area contributed by atoms with Crippen molar-refractivity contribution in [2.45, 2.75) is 44.8 Å². The molecule has 0 unspecified atom stereocenters. The van der Waals surface area contributed by atoms with E-state index in [1.807, 2.05) is 0 Å². The predicted molar refractivity (Wildman–Crippen MR) is 127 cm³/mol. The van der Waals surface area contributed by atoms with Gasteiger partial charge in [-0.2, -0.15) is 0 Å². The van der Waals surface area contributed by atoms with Crippen molar-refractivity contribution in [2.24, 2.45) is 0 Å². The van der Waals surface area contributed by atoms with Crippen LogP contribution in [0.15, 0.2) is 42.5 Å². The maximum Gasteiger partial charge on any atom is 0.243 e. The van der Waals surface area contributed by atoms with E-state index >= 15 is 0 Å². The number of amides is 3. The first-order valence-electron chi connectivity index (χ1n) is 11.1. The Morgan fingerprint density at radius 2 is 1.69 bits per heavy atom. The van der Waals surface area contributed by atoms with Crippen LogP contribution in [0.1, 0.15) is 30.9 Å². The van der Waals surface area contributed by atoms with E-state index in [1.54, 1.807) is 24.3 Å². The first-order valence-corrected chi connectivity index (χ1v) is 11.1. The Morgan fingerprint density at radius 3 is 2.28 bits per heavy atom. The SMILES string of the molecule is COc1ccc(CNC(=O)[C@H](CCC(=O)C=N)NC(=O)[C@H](Cc2ccc(F)cc2F)NC(C)=O)cc1. The second-order valence-electron chi connectivity index (χ2n) is 7.97. The fraction of sp³-hybridized carbons (Fsp3) is 0.320. The quantitative estimate of drug-likeness (QED) is 0.310. The first kappa shape index (κ1) is 28.1. The highest BCUT2D eigenvalue weighted by Crippen LogP contribution is 2.13. The average Bonchev–Trinajstić information content (AvgIpc) is 2.85. The summed E-state index contributed by atoms with van der Waals surface area (Å²) in [7, 11) is 1.53. The van der Waals surface area contributed by atoms with E-state index in [9.17, 15) is 28.0 Å². The molecule has 2 atom stereocenters. The molecule has 3 amide bonds. The number of Topliss-reactive ketones (excluding diaryl/α,β-unsaturated/α-hetero) is 1. The highest BCUT2D eigenvalue weighted by atomic mass is 19.1. The molecule has 0 radical (unpaired) electrons. The fourth-order valence-electron chi connectivity index (χ4n) is 3.32. The zero-order valence-electron chi connectivity index (χ0n) is 19.9. The first-order chi connectivity index (χ1) is 17.1. The Bertz CT molecular complexity index is 1110. The predicted octanol–water partition coefficient (Wildman–Crippen LogP) is 1.82. The van der Waals surface area contributed by atoms with Gasteiger partial charge in [0.25, 0.3) is 0 Å². The summed E-state index contributed by atoms with van der Waals surface area (Å²) >= 11 is 0. The molecular weight excluding hydrogens is 474 g/mol. The van der Waals surface area contributed by atoms with E-state index in [-0.39, 0.29) is 31.4 Å². The molecule has 2 aromatic rings. The number of ether oxygens (including phenoxy) is 1. The Morgan fingerprint density at radius 1 is 1.00 bits per heavy atom. The monoisotopic (exact) mass is 502 g/mol. The second kappa shape index (κ2) is 13.7. The number of carbonyl (C=O) groups excluding carboxylic acids is 4. The molecule has 0 bridgehead atoms. The summed E-state index contributed by atoms with van der Waals surface area (Å²) in [5, 5.41) is 14.6. The van der Waals surface area contributed by atoms with Crippen LogP contribution < -0.4 is 20.7 Å². The van der Waals surface area contributed by atoms with Crippen LogP contribution in [-0.4, -0.2) is 48.9 Å². The van der Waals surface area contributed by atoms with Gasteiger partial charge in [-0.3, -0.25) is 19.2 Å². The lowest BCUT2D eigenvalue weighted by atomic mass is 10.0. The molecule has 2 aromatic carbocycles. The third-order valence-corrected chi connectivity index (χ3v) is 5.23. The van der Waals surface area contributed by atoms with Crippen molar-refractivity contribution >= 4 is 29.7 Å². The lowest BCUT2D eigenvalue weighted by Gasteiger charge is -2.23. The van der Waals surface area contributed by atoms with Gasteiger partial charge >= 0.3 is 0 Å². The van der Waals surface area contributed by atoms with Gasteiger partial charge in [0.1, 0.15) is 29.5 Å². The molecular formula is C25H28F2N4O5. The van der Waals surface area contributed by atoms with E-state index in [2.05, 4.69) is 16.0 Å². The van der Waals surface area contributed by atoms with Crippen molar-refractivity contribution in [3.05, 3.63) is 65.2 Å². The van der Waals surface area contributed by atoms with E-state index in [0.717, 1.165) is 17.7 Å². The van der Waals surface area contributed by atoms with Crippen molar-refractivity contribution < 1.29 is 32.7 Å². The molecule has 0 aliphatic rings. The molecule has 2 rings (SSSR count). The lowest BCUT2D eigenvalue weighted by Crippen LogP contribution is -2.54. The number of benzene rings is 2. The van der Waals surface area contributed by atoms with E-state index in [4.69, 9.17) is 10.1 Å². The number of hydrogen-bond donors (Lipinski definition) is 4. The van der Waals surface area contributed by atoms with Gasteiger partial charge in [0.2, 0.25) is 17.7 Å². The zero-order valence-corrected chi connectivity index (χ0v) is 19.9. The Kier molecular flexibility index (Phi) is 10.7. The standard InChI is InChI=1S/C25H28F2N4O5/c1-15(32)30-23(11-17-5-6-18(26)12-21(17)27)25(35)31-22(10-7-19(33)13-28)24(34)29-14-16-3-8-20(36-2)9-4-16/h3-6,8-9,12-13,22-23,28H,7,10-11,14H2,1-2H3,(H,29,34)(H,30,32)(H,31,35)/t22-,23-/m0/s1. The number of hydrogen-bond acceptors (Lipinski definition) is 6. The Balaban J connectivity index is 2.15. The highest BCUT2D eigenvalue weighted by molar-refractivity contribution is 6.26.